The number of nitrogen functional groups attached to an aromatic ring is 1. The molecule has 3 N–H and O–H groups in total. The van der Waals surface area contributed by atoms with E-state index in [1.165, 1.54) is 6.20 Å². The van der Waals surface area contributed by atoms with Crippen molar-refractivity contribution < 1.29 is 4.79 Å². The summed E-state index contributed by atoms with van der Waals surface area (Å²) in [7, 11) is 4.03. The van der Waals surface area contributed by atoms with Crippen molar-refractivity contribution in [3.8, 4) is 0 Å². The molecule has 0 aliphatic carbocycles. The van der Waals surface area contributed by atoms with Crippen molar-refractivity contribution in [1.29, 1.82) is 0 Å². The SMILES string of the molecule is CCn1ncc(N)c1C(=O)NC(C)CCN(C)C. The van der Waals surface area contributed by atoms with Gasteiger partial charge >= 0.3 is 0 Å². The molecule has 0 aliphatic rings. The van der Waals surface area contributed by atoms with Crippen molar-refractivity contribution in [3.05, 3.63) is 11.9 Å². The zero-order valence-corrected chi connectivity index (χ0v) is 11.6. The minimum absolute atomic E-state index is 0.111. The van der Waals surface area contributed by atoms with Gasteiger partial charge in [-0.1, -0.05) is 0 Å². The Morgan fingerprint density at radius 3 is 2.83 bits per heavy atom. The molecule has 18 heavy (non-hydrogen) atoms. The number of anilines is 1. The maximum Gasteiger partial charge on any atom is 0.271 e. The van der Waals surface area contributed by atoms with E-state index >= 15 is 0 Å². The van der Waals surface area contributed by atoms with E-state index in [0.29, 0.717) is 17.9 Å². The van der Waals surface area contributed by atoms with Crippen molar-refractivity contribution in [1.82, 2.24) is 20.0 Å². The largest absolute Gasteiger partial charge is 0.396 e. The van der Waals surface area contributed by atoms with Gasteiger partial charge in [-0.25, -0.2) is 0 Å². The van der Waals surface area contributed by atoms with Gasteiger partial charge in [0.15, 0.2) is 0 Å². The van der Waals surface area contributed by atoms with Crippen molar-refractivity contribution >= 4 is 11.6 Å². The number of rotatable bonds is 6. The topological polar surface area (TPSA) is 76.2 Å². The summed E-state index contributed by atoms with van der Waals surface area (Å²) in [6.07, 6.45) is 2.42. The second kappa shape index (κ2) is 6.39. The molecule has 1 unspecified atom stereocenters. The molecule has 0 fully saturated rings. The van der Waals surface area contributed by atoms with Crippen molar-refractivity contribution in [2.45, 2.75) is 32.9 Å². The van der Waals surface area contributed by atoms with Gasteiger partial charge in [0, 0.05) is 12.6 Å². The summed E-state index contributed by atoms with van der Waals surface area (Å²) in [6, 6.07) is 0.111. The lowest BCUT2D eigenvalue weighted by molar-refractivity contribution is 0.0927. The van der Waals surface area contributed by atoms with Crippen LogP contribution < -0.4 is 11.1 Å². The van der Waals surface area contributed by atoms with Crippen LogP contribution in [-0.2, 0) is 6.54 Å². The summed E-state index contributed by atoms with van der Waals surface area (Å²) in [5.74, 6) is -0.155. The van der Waals surface area contributed by atoms with E-state index in [-0.39, 0.29) is 11.9 Å². The van der Waals surface area contributed by atoms with Gasteiger partial charge < -0.3 is 16.0 Å². The molecule has 0 aliphatic heterocycles. The number of nitrogens with two attached hydrogens (primary N) is 1. The highest BCUT2D eigenvalue weighted by Crippen LogP contribution is 2.10. The average Bonchev–Trinajstić information content (AvgIpc) is 2.67. The highest BCUT2D eigenvalue weighted by Gasteiger charge is 2.17. The Labute approximate surface area is 108 Å². The molecule has 0 aromatic carbocycles. The molecule has 0 bridgehead atoms. The van der Waals surface area contributed by atoms with Gasteiger partial charge in [-0.3, -0.25) is 9.48 Å². The fraction of sp³-hybridized carbons (Fsp3) is 0.667. The fourth-order valence-corrected chi connectivity index (χ4v) is 1.70. The molecule has 0 saturated carbocycles. The molecule has 1 heterocycles. The Bertz CT molecular complexity index is 399. The first-order valence-corrected chi connectivity index (χ1v) is 6.22. The molecule has 0 spiro atoms. The second-order valence-electron chi connectivity index (χ2n) is 4.73. The van der Waals surface area contributed by atoms with Crippen LogP contribution in [0.2, 0.25) is 0 Å². The van der Waals surface area contributed by atoms with Crippen molar-refractivity contribution in [3.63, 3.8) is 0 Å². The Morgan fingerprint density at radius 1 is 1.61 bits per heavy atom. The Balaban J connectivity index is 2.62. The summed E-state index contributed by atoms with van der Waals surface area (Å²) in [5.41, 5.74) is 6.64. The molecule has 1 amide bonds. The number of hydrogen-bond donors (Lipinski definition) is 2. The Hall–Kier alpha value is -1.56. The quantitative estimate of drug-likeness (QED) is 0.776. The normalized spacial score (nSPS) is 12.7. The molecule has 1 aromatic rings. The molecular weight excluding hydrogens is 230 g/mol. The van der Waals surface area contributed by atoms with Gasteiger partial charge in [0.05, 0.1) is 11.9 Å². The Morgan fingerprint density at radius 2 is 2.28 bits per heavy atom. The summed E-state index contributed by atoms with van der Waals surface area (Å²) < 4.78 is 1.61. The first-order chi connectivity index (χ1) is 8.45. The third-order valence-electron chi connectivity index (χ3n) is 2.77. The van der Waals surface area contributed by atoms with Gasteiger partial charge in [0.2, 0.25) is 0 Å². The number of carbonyl (C=O) groups is 1. The van der Waals surface area contributed by atoms with Crippen LogP contribution in [0.15, 0.2) is 6.20 Å². The first-order valence-electron chi connectivity index (χ1n) is 6.22. The smallest absolute Gasteiger partial charge is 0.271 e. The van der Waals surface area contributed by atoms with Crippen molar-refractivity contribution in [2.24, 2.45) is 0 Å². The van der Waals surface area contributed by atoms with E-state index in [0.717, 1.165) is 13.0 Å². The summed E-state index contributed by atoms with van der Waals surface area (Å²) in [4.78, 5) is 14.2. The van der Waals surface area contributed by atoms with Crippen LogP contribution in [0.1, 0.15) is 30.8 Å². The van der Waals surface area contributed by atoms with Gasteiger partial charge in [-0.05, 0) is 40.9 Å². The molecule has 0 saturated heterocycles. The molecule has 0 radical (unpaired) electrons. The number of aromatic nitrogens is 2. The molecule has 1 rings (SSSR count). The van der Waals surface area contributed by atoms with Crippen LogP contribution in [0, 0.1) is 0 Å². The molecule has 1 aromatic heterocycles. The van der Waals surface area contributed by atoms with Crippen LogP contribution in [0.25, 0.3) is 0 Å². The van der Waals surface area contributed by atoms with E-state index in [4.69, 9.17) is 5.73 Å². The first kappa shape index (κ1) is 14.5. The summed E-state index contributed by atoms with van der Waals surface area (Å²) in [6.45, 7) is 5.49. The Kier molecular flexibility index (Phi) is 5.15. The molecule has 1 atom stereocenters. The van der Waals surface area contributed by atoms with E-state index in [2.05, 4.69) is 15.3 Å². The van der Waals surface area contributed by atoms with E-state index in [9.17, 15) is 4.79 Å². The lowest BCUT2D eigenvalue weighted by Crippen LogP contribution is -2.36. The predicted molar refractivity (Wildman–Crippen MR) is 72.4 cm³/mol. The second-order valence-corrected chi connectivity index (χ2v) is 4.73. The minimum atomic E-state index is -0.155. The lowest BCUT2D eigenvalue weighted by Gasteiger charge is -2.17. The third-order valence-corrected chi connectivity index (χ3v) is 2.77. The maximum absolute atomic E-state index is 12.1. The predicted octanol–water partition coefficient (Wildman–Crippen LogP) is 0.555. The van der Waals surface area contributed by atoms with Crippen LogP contribution in [0.4, 0.5) is 5.69 Å². The maximum atomic E-state index is 12.1. The average molecular weight is 253 g/mol. The summed E-state index contributed by atoms with van der Waals surface area (Å²) >= 11 is 0. The molecule has 6 heteroatoms. The van der Waals surface area contributed by atoms with Crippen LogP contribution >= 0.6 is 0 Å². The zero-order valence-electron chi connectivity index (χ0n) is 11.6. The van der Waals surface area contributed by atoms with Crippen molar-refractivity contribution in [2.75, 3.05) is 26.4 Å². The van der Waals surface area contributed by atoms with E-state index < -0.39 is 0 Å². The number of carbonyl (C=O) groups excluding carboxylic acids is 1. The number of nitrogens with zero attached hydrogens (tertiary/aromatic N) is 3. The van der Waals surface area contributed by atoms with Gasteiger partial charge in [-0.15, -0.1) is 0 Å². The summed E-state index contributed by atoms with van der Waals surface area (Å²) in [5, 5.41) is 7.01. The monoisotopic (exact) mass is 253 g/mol. The molecular formula is C12H23N5O. The minimum Gasteiger partial charge on any atom is -0.396 e. The fourth-order valence-electron chi connectivity index (χ4n) is 1.70. The number of nitrogens with one attached hydrogen (secondary N) is 1. The van der Waals surface area contributed by atoms with Gasteiger partial charge in [0.1, 0.15) is 5.69 Å². The van der Waals surface area contributed by atoms with E-state index in [1.54, 1.807) is 4.68 Å². The number of aryl methyl sites for hydroxylation is 1. The third kappa shape index (κ3) is 3.73. The standard InChI is InChI=1S/C12H23N5O/c1-5-17-11(10(13)8-14-17)12(18)15-9(2)6-7-16(3)4/h8-9H,5-7,13H2,1-4H3,(H,15,18). The molecule has 102 valence electrons. The lowest BCUT2D eigenvalue weighted by atomic mass is 10.2. The van der Waals surface area contributed by atoms with Crippen LogP contribution in [0.5, 0.6) is 0 Å². The molecule has 6 nitrogen and oxygen atoms in total. The van der Waals surface area contributed by atoms with Gasteiger partial charge in [-0.2, -0.15) is 5.10 Å². The number of hydrogen-bond acceptors (Lipinski definition) is 4. The number of amides is 1. The highest BCUT2D eigenvalue weighted by molar-refractivity contribution is 5.97. The highest BCUT2D eigenvalue weighted by atomic mass is 16.2. The van der Waals surface area contributed by atoms with Crippen LogP contribution in [-0.4, -0.2) is 47.3 Å². The van der Waals surface area contributed by atoms with E-state index in [1.807, 2.05) is 27.9 Å². The van der Waals surface area contributed by atoms with Crippen LogP contribution in [0.3, 0.4) is 0 Å². The van der Waals surface area contributed by atoms with Gasteiger partial charge in [0.25, 0.3) is 5.91 Å². The zero-order chi connectivity index (χ0) is 13.7.